The minimum absolute atomic E-state index is 0.00757. The fourth-order valence-corrected chi connectivity index (χ4v) is 4.44. The fraction of sp³-hybridized carbons (Fsp3) is 0.0800. The third-order valence-electron chi connectivity index (χ3n) is 5.25. The Morgan fingerprint density at radius 2 is 1.88 bits per heavy atom. The number of nitro benzene ring substituents is 1. The minimum Gasteiger partial charge on any atom is -0.450 e. The van der Waals surface area contributed by atoms with Gasteiger partial charge in [0.15, 0.2) is 0 Å². The molecule has 0 aliphatic carbocycles. The lowest BCUT2D eigenvalue weighted by molar-refractivity contribution is -0.385. The molecule has 1 saturated heterocycles. The number of halogens is 5. The minimum atomic E-state index is -4.79. The predicted molar refractivity (Wildman–Crippen MR) is 137 cm³/mol. The van der Waals surface area contributed by atoms with Gasteiger partial charge in [0.2, 0.25) is 11.7 Å². The normalized spacial score (nSPS) is 14.5. The maximum Gasteiger partial charge on any atom is 0.416 e. The molecule has 0 unspecified atom stereocenters. The van der Waals surface area contributed by atoms with Crippen LogP contribution in [0, 0.1) is 15.9 Å². The van der Waals surface area contributed by atoms with E-state index in [0.29, 0.717) is 34.4 Å². The lowest BCUT2D eigenvalue weighted by Crippen LogP contribution is -2.36. The van der Waals surface area contributed by atoms with Gasteiger partial charge in [-0.3, -0.25) is 29.4 Å². The van der Waals surface area contributed by atoms with Gasteiger partial charge < -0.3 is 10.1 Å². The van der Waals surface area contributed by atoms with Gasteiger partial charge in [-0.2, -0.15) is 13.2 Å². The SMILES string of the molecule is O=C(CN1C(=O)S/C(=C/c2cccc(Oc3ccc(C(F)(F)F)cc3[N+](=O)[O-])c2)C1=O)Nc1ccc(F)c(Cl)c1. The Kier molecular flexibility index (Phi) is 8.11. The number of hydrogen-bond donors (Lipinski definition) is 1. The van der Waals surface area contributed by atoms with Gasteiger partial charge in [-0.15, -0.1) is 0 Å². The van der Waals surface area contributed by atoms with Gasteiger partial charge in [-0.1, -0.05) is 23.7 Å². The average Bonchev–Trinajstić information content (AvgIpc) is 3.13. The molecule has 1 fully saturated rings. The van der Waals surface area contributed by atoms with Gasteiger partial charge in [-0.25, -0.2) is 4.39 Å². The van der Waals surface area contributed by atoms with Crippen LogP contribution in [0.5, 0.6) is 11.5 Å². The number of rotatable bonds is 7. The number of carbonyl (C=O) groups excluding carboxylic acids is 3. The highest BCUT2D eigenvalue weighted by atomic mass is 35.5. The van der Waals surface area contributed by atoms with Crippen molar-refractivity contribution in [3.8, 4) is 11.5 Å². The number of carbonyl (C=O) groups is 3. The van der Waals surface area contributed by atoms with Crippen LogP contribution in [0.4, 0.5) is 33.7 Å². The van der Waals surface area contributed by atoms with Gasteiger partial charge in [0, 0.05) is 11.8 Å². The Labute approximate surface area is 231 Å². The van der Waals surface area contributed by atoms with Gasteiger partial charge in [-0.05, 0) is 65.9 Å². The first-order valence-electron chi connectivity index (χ1n) is 11.0. The quantitative estimate of drug-likeness (QED) is 0.137. The van der Waals surface area contributed by atoms with Crippen molar-refractivity contribution < 1.29 is 41.6 Å². The van der Waals surface area contributed by atoms with Crippen molar-refractivity contribution in [2.45, 2.75) is 6.18 Å². The van der Waals surface area contributed by atoms with Crippen LogP contribution in [0.15, 0.2) is 65.6 Å². The van der Waals surface area contributed by atoms with Crippen LogP contribution in [0.2, 0.25) is 5.02 Å². The summed E-state index contributed by atoms with van der Waals surface area (Å²) < 4.78 is 57.6. The standard InChI is InChI=1S/C25H14ClF4N3O6S/c26-17-11-15(5-6-18(17)27)31-22(34)12-32-23(35)21(40-24(32)36)9-13-2-1-3-16(8-13)39-20-7-4-14(25(28,29)30)10-19(20)33(37)38/h1-11H,12H2,(H,31,34)/b21-9+. The molecule has 15 heteroatoms. The second kappa shape index (κ2) is 11.4. The highest BCUT2D eigenvalue weighted by Crippen LogP contribution is 2.38. The van der Waals surface area contributed by atoms with Gasteiger partial charge >= 0.3 is 11.9 Å². The first kappa shape index (κ1) is 28.6. The van der Waals surface area contributed by atoms with Crippen molar-refractivity contribution in [3.63, 3.8) is 0 Å². The zero-order valence-electron chi connectivity index (χ0n) is 19.7. The average molecular weight is 596 g/mol. The van der Waals surface area contributed by atoms with Crippen LogP contribution in [0.3, 0.4) is 0 Å². The summed E-state index contributed by atoms with van der Waals surface area (Å²) in [5, 5.41) is 12.8. The van der Waals surface area contributed by atoms with Crippen molar-refractivity contribution >= 4 is 57.9 Å². The number of alkyl halides is 3. The van der Waals surface area contributed by atoms with Crippen molar-refractivity contribution in [1.82, 2.24) is 4.90 Å². The van der Waals surface area contributed by atoms with Crippen molar-refractivity contribution in [2.75, 3.05) is 11.9 Å². The highest BCUT2D eigenvalue weighted by Gasteiger charge is 2.36. The molecule has 3 amide bonds. The second-order valence-electron chi connectivity index (χ2n) is 8.06. The molecule has 1 N–H and O–H groups in total. The molecule has 0 atom stereocenters. The monoisotopic (exact) mass is 595 g/mol. The summed E-state index contributed by atoms with van der Waals surface area (Å²) in [5.41, 5.74) is -1.64. The van der Waals surface area contributed by atoms with Crippen LogP contribution in [-0.2, 0) is 15.8 Å². The van der Waals surface area contributed by atoms with Crippen molar-refractivity contribution in [3.05, 3.63) is 97.6 Å². The van der Waals surface area contributed by atoms with E-state index in [1.807, 2.05) is 0 Å². The van der Waals surface area contributed by atoms with E-state index in [1.54, 1.807) is 0 Å². The molecule has 0 aromatic heterocycles. The summed E-state index contributed by atoms with van der Waals surface area (Å²) in [6, 6.07) is 11.0. The Morgan fingerprint density at radius 1 is 1.12 bits per heavy atom. The van der Waals surface area contributed by atoms with E-state index in [1.165, 1.54) is 36.4 Å². The van der Waals surface area contributed by atoms with E-state index in [4.69, 9.17) is 16.3 Å². The van der Waals surface area contributed by atoms with Gasteiger partial charge in [0.1, 0.15) is 18.1 Å². The Hall–Kier alpha value is -4.43. The Morgan fingerprint density at radius 3 is 2.55 bits per heavy atom. The third kappa shape index (κ3) is 6.58. The van der Waals surface area contributed by atoms with E-state index in [0.717, 1.165) is 18.2 Å². The Balaban J connectivity index is 1.48. The molecule has 3 aromatic rings. The molecule has 9 nitrogen and oxygen atoms in total. The van der Waals surface area contributed by atoms with Gasteiger partial charge in [0.05, 0.1) is 20.4 Å². The maximum atomic E-state index is 13.3. The number of hydrogen-bond acceptors (Lipinski definition) is 7. The number of nitro groups is 1. The molecule has 1 heterocycles. The number of thioether (sulfide) groups is 1. The Bertz CT molecular complexity index is 1580. The third-order valence-corrected chi connectivity index (χ3v) is 6.44. The molecule has 206 valence electrons. The molecule has 3 aromatic carbocycles. The molecule has 4 rings (SSSR count). The number of amides is 3. The summed E-state index contributed by atoms with van der Waals surface area (Å²) >= 11 is 6.24. The van der Waals surface area contributed by atoms with E-state index in [2.05, 4.69) is 5.32 Å². The van der Waals surface area contributed by atoms with Crippen LogP contribution in [-0.4, -0.2) is 33.4 Å². The van der Waals surface area contributed by atoms with E-state index < -0.39 is 57.5 Å². The zero-order chi connectivity index (χ0) is 29.2. The summed E-state index contributed by atoms with van der Waals surface area (Å²) in [4.78, 5) is 48.5. The largest absolute Gasteiger partial charge is 0.450 e. The molecule has 0 bridgehead atoms. The van der Waals surface area contributed by atoms with Crippen LogP contribution in [0.1, 0.15) is 11.1 Å². The molecule has 1 aliphatic rings. The summed E-state index contributed by atoms with van der Waals surface area (Å²) in [7, 11) is 0. The second-order valence-corrected chi connectivity index (χ2v) is 9.46. The summed E-state index contributed by atoms with van der Waals surface area (Å²) in [6.45, 7) is -0.627. The zero-order valence-corrected chi connectivity index (χ0v) is 21.3. The van der Waals surface area contributed by atoms with Crippen molar-refractivity contribution in [2.24, 2.45) is 0 Å². The molecule has 1 aliphatic heterocycles. The number of ether oxygens (including phenoxy) is 1. The molecule has 0 spiro atoms. The molecular weight excluding hydrogens is 582 g/mol. The highest BCUT2D eigenvalue weighted by molar-refractivity contribution is 8.18. The molecule has 40 heavy (non-hydrogen) atoms. The maximum absolute atomic E-state index is 13.3. The lowest BCUT2D eigenvalue weighted by atomic mass is 10.1. The van der Waals surface area contributed by atoms with E-state index in [9.17, 15) is 42.1 Å². The number of anilines is 1. The molecule has 0 saturated carbocycles. The number of benzene rings is 3. The summed E-state index contributed by atoms with van der Waals surface area (Å²) in [6.07, 6.45) is -3.47. The number of nitrogens with zero attached hydrogens (tertiary/aromatic N) is 2. The first-order valence-corrected chi connectivity index (χ1v) is 12.1. The van der Waals surface area contributed by atoms with Crippen LogP contribution < -0.4 is 10.1 Å². The lowest BCUT2D eigenvalue weighted by Gasteiger charge is -2.12. The predicted octanol–water partition coefficient (Wildman–Crippen LogP) is 6.87. The smallest absolute Gasteiger partial charge is 0.416 e. The number of imide groups is 1. The van der Waals surface area contributed by atoms with Crippen molar-refractivity contribution in [1.29, 1.82) is 0 Å². The molecule has 0 radical (unpaired) electrons. The molecular formula is C25H14ClF4N3O6S. The first-order chi connectivity index (χ1) is 18.8. The summed E-state index contributed by atoms with van der Waals surface area (Å²) in [5.74, 6) is -2.63. The van der Waals surface area contributed by atoms with E-state index >= 15 is 0 Å². The number of nitrogens with one attached hydrogen (secondary N) is 1. The van der Waals surface area contributed by atoms with Crippen LogP contribution >= 0.6 is 23.4 Å². The fourth-order valence-electron chi connectivity index (χ4n) is 3.42. The van der Waals surface area contributed by atoms with E-state index in [-0.39, 0.29) is 21.4 Å². The topological polar surface area (TPSA) is 119 Å². The van der Waals surface area contributed by atoms with Crippen LogP contribution in [0.25, 0.3) is 6.08 Å². The van der Waals surface area contributed by atoms with Gasteiger partial charge in [0.25, 0.3) is 11.1 Å².